The molecule has 3 nitrogen and oxygen atoms in total. The van der Waals surface area contributed by atoms with Gasteiger partial charge in [-0.2, -0.15) is 0 Å². The van der Waals surface area contributed by atoms with Crippen LogP contribution in [-0.2, 0) is 6.61 Å². The summed E-state index contributed by atoms with van der Waals surface area (Å²) in [5, 5.41) is 10.6. The zero-order valence-corrected chi connectivity index (χ0v) is 12.3. The number of halogens is 2. The van der Waals surface area contributed by atoms with Crippen LogP contribution in [0, 0.1) is 6.92 Å². The number of aryl methyl sites for hydroxylation is 1. The zero-order chi connectivity index (χ0) is 14.3. The summed E-state index contributed by atoms with van der Waals surface area (Å²) in [6.45, 7) is 1.91. The monoisotopic (exact) mass is 306 g/mol. The van der Waals surface area contributed by atoms with Gasteiger partial charge in [0.2, 0.25) is 0 Å². The van der Waals surface area contributed by atoms with Crippen LogP contribution in [0.5, 0.6) is 0 Å². The number of pyridine rings is 1. The zero-order valence-electron chi connectivity index (χ0n) is 10.8. The maximum atomic E-state index is 9.64. The highest BCUT2D eigenvalue weighted by Gasteiger charge is 2.14. The summed E-state index contributed by atoms with van der Waals surface area (Å²) in [7, 11) is 0. The molecule has 0 spiro atoms. The number of benzene rings is 1. The fourth-order valence-corrected chi connectivity index (χ4v) is 2.52. The molecule has 5 heteroatoms. The van der Waals surface area contributed by atoms with Gasteiger partial charge in [-0.1, -0.05) is 29.3 Å². The highest BCUT2D eigenvalue weighted by Crippen LogP contribution is 2.30. The van der Waals surface area contributed by atoms with Crippen molar-refractivity contribution in [2.45, 2.75) is 13.5 Å². The van der Waals surface area contributed by atoms with Gasteiger partial charge in [-0.25, -0.2) is 4.98 Å². The van der Waals surface area contributed by atoms with Crippen LogP contribution in [-0.4, -0.2) is 14.5 Å². The van der Waals surface area contributed by atoms with E-state index in [9.17, 15) is 5.11 Å². The molecule has 2 aromatic heterocycles. The number of aliphatic hydroxyl groups is 1. The normalized spacial score (nSPS) is 11.2. The van der Waals surface area contributed by atoms with E-state index in [1.165, 1.54) is 0 Å². The Labute approximate surface area is 126 Å². The summed E-state index contributed by atoms with van der Waals surface area (Å²) in [6, 6.07) is 9.29. The van der Waals surface area contributed by atoms with Crippen LogP contribution in [0.1, 0.15) is 11.3 Å². The maximum Gasteiger partial charge on any atom is 0.138 e. The molecule has 0 aliphatic heterocycles. The van der Waals surface area contributed by atoms with E-state index in [4.69, 9.17) is 23.2 Å². The number of nitrogens with zero attached hydrogens (tertiary/aromatic N) is 2. The minimum absolute atomic E-state index is 0.0974. The average molecular weight is 307 g/mol. The van der Waals surface area contributed by atoms with Crippen molar-refractivity contribution < 1.29 is 5.11 Å². The van der Waals surface area contributed by atoms with E-state index in [0.717, 1.165) is 28.2 Å². The van der Waals surface area contributed by atoms with E-state index >= 15 is 0 Å². The molecule has 0 unspecified atom stereocenters. The average Bonchev–Trinajstić information content (AvgIpc) is 2.79. The Balaban J connectivity index is 2.26. The molecule has 0 aliphatic rings. The van der Waals surface area contributed by atoms with Gasteiger partial charge >= 0.3 is 0 Å². The van der Waals surface area contributed by atoms with Crippen molar-refractivity contribution in [3.63, 3.8) is 0 Å². The Kier molecular flexibility index (Phi) is 3.42. The van der Waals surface area contributed by atoms with Crippen LogP contribution in [0.4, 0.5) is 0 Å². The second-order valence-electron chi connectivity index (χ2n) is 4.63. The molecule has 0 amide bonds. The van der Waals surface area contributed by atoms with Crippen molar-refractivity contribution in [3.05, 3.63) is 57.8 Å². The van der Waals surface area contributed by atoms with E-state index in [1.807, 2.05) is 35.7 Å². The topological polar surface area (TPSA) is 37.5 Å². The molecule has 0 atom stereocenters. The van der Waals surface area contributed by atoms with E-state index in [-0.39, 0.29) is 6.61 Å². The molecule has 0 fully saturated rings. The smallest absolute Gasteiger partial charge is 0.138 e. The van der Waals surface area contributed by atoms with Crippen molar-refractivity contribution in [3.8, 4) is 11.3 Å². The molecule has 3 aromatic rings. The van der Waals surface area contributed by atoms with E-state index < -0.39 is 0 Å². The highest BCUT2D eigenvalue weighted by molar-refractivity contribution is 6.42. The Morgan fingerprint density at radius 1 is 1.15 bits per heavy atom. The molecule has 2 heterocycles. The standard InChI is InChI=1S/C15H12Cl2N2O/c1-9-4-5-19-13(8-20)15(18-14(19)6-9)10-2-3-11(16)12(17)7-10/h2-7,20H,8H2,1H3. The highest BCUT2D eigenvalue weighted by atomic mass is 35.5. The van der Waals surface area contributed by atoms with Gasteiger partial charge < -0.3 is 9.51 Å². The third-order valence-corrected chi connectivity index (χ3v) is 3.96. The van der Waals surface area contributed by atoms with Crippen LogP contribution in [0.25, 0.3) is 16.9 Å². The van der Waals surface area contributed by atoms with Gasteiger partial charge in [0.25, 0.3) is 0 Å². The lowest BCUT2D eigenvalue weighted by Crippen LogP contribution is -1.94. The quantitative estimate of drug-likeness (QED) is 0.773. The van der Waals surface area contributed by atoms with Crippen molar-refractivity contribution >= 4 is 28.8 Å². The SMILES string of the molecule is Cc1ccn2c(CO)c(-c3ccc(Cl)c(Cl)c3)nc2c1. The summed E-state index contributed by atoms with van der Waals surface area (Å²) in [4.78, 5) is 4.59. The Morgan fingerprint density at radius 2 is 1.95 bits per heavy atom. The fourth-order valence-electron chi connectivity index (χ4n) is 2.22. The molecule has 0 saturated heterocycles. The first-order valence-electron chi connectivity index (χ1n) is 6.14. The molecule has 1 aromatic carbocycles. The van der Waals surface area contributed by atoms with Gasteiger partial charge in [0, 0.05) is 11.8 Å². The number of aromatic nitrogens is 2. The molecule has 1 N–H and O–H groups in total. The summed E-state index contributed by atoms with van der Waals surface area (Å²) in [5.41, 5.74) is 4.21. The summed E-state index contributed by atoms with van der Waals surface area (Å²) in [6.07, 6.45) is 1.91. The Hall–Kier alpha value is -1.55. The van der Waals surface area contributed by atoms with Gasteiger partial charge in [0.05, 0.1) is 28.0 Å². The molecule has 3 rings (SSSR count). The van der Waals surface area contributed by atoms with Crippen LogP contribution >= 0.6 is 23.2 Å². The van der Waals surface area contributed by atoms with Crippen molar-refractivity contribution in [2.24, 2.45) is 0 Å². The lowest BCUT2D eigenvalue weighted by atomic mass is 10.1. The van der Waals surface area contributed by atoms with Crippen LogP contribution in [0.3, 0.4) is 0 Å². The number of hydrogen-bond donors (Lipinski definition) is 1. The molecular formula is C15H12Cl2N2O. The summed E-state index contributed by atoms with van der Waals surface area (Å²) < 4.78 is 1.88. The minimum atomic E-state index is -0.0974. The summed E-state index contributed by atoms with van der Waals surface area (Å²) >= 11 is 12.0. The van der Waals surface area contributed by atoms with E-state index in [2.05, 4.69) is 4.98 Å². The first-order chi connectivity index (χ1) is 9.60. The minimum Gasteiger partial charge on any atom is -0.390 e. The van der Waals surface area contributed by atoms with Crippen LogP contribution < -0.4 is 0 Å². The molecule has 0 aliphatic carbocycles. The van der Waals surface area contributed by atoms with Gasteiger partial charge in [-0.15, -0.1) is 0 Å². The number of imidazole rings is 1. The van der Waals surface area contributed by atoms with Gasteiger partial charge in [0.15, 0.2) is 0 Å². The Bertz CT molecular complexity index is 796. The Morgan fingerprint density at radius 3 is 2.65 bits per heavy atom. The second kappa shape index (κ2) is 5.09. The predicted octanol–water partition coefficient (Wildman–Crippen LogP) is 4.11. The summed E-state index contributed by atoms with van der Waals surface area (Å²) in [5.74, 6) is 0. The lowest BCUT2D eigenvalue weighted by molar-refractivity contribution is 0.276. The number of rotatable bonds is 2. The fraction of sp³-hybridized carbons (Fsp3) is 0.133. The van der Waals surface area contributed by atoms with E-state index in [0.29, 0.717) is 10.0 Å². The third-order valence-electron chi connectivity index (χ3n) is 3.22. The second-order valence-corrected chi connectivity index (χ2v) is 5.44. The first kappa shape index (κ1) is 13.4. The molecule has 0 saturated carbocycles. The maximum absolute atomic E-state index is 9.64. The van der Waals surface area contributed by atoms with E-state index in [1.54, 1.807) is 12.1 Å². The van der Waals surface area contributed by atoms with Crippen LogP contribution in [0.15, 0.2) is 36.5 Å². The molecule has 0 bridgehead atoms. The van der Waals surface area contributed by atoms with Crippen molar-refractivity contribution in [2.75, 3.05) is 0 Å². The molecule has 0 radical (unpaired) electrons. The molecule has 20 heavy (non-hydrogen) atoms. The predicted molar refractivity (Wildman–Crippen MR) is 81.3 cm³/mol. The third kappa shape index (κ3) is 2.18. The van der Waals surface area contributed by atoms with Gasteiger partial charge in [-0.3, -0.25) is 0 Å². The largest absolute Gasteiger partial charge is 0.390 e. The van der Waals surface area contributed by atoms with Crippen LogP contribution in [0.2, 0.25) is 10.0 Å². The van der Waals surface area contributed by atoms with Crippen molar-refractivity contribution in [1.82, 2.24) is 9.38 Å². The molecular weight excluding hydrogens is 295 g/mol. The van der Waals surface area contributed by atoms with Gasteiger partial charge in [0.1, 0.15) is 5.65 Å². The van der Waals surface area contributed by atoms with Crippen molar-refractivity contribution in [1.29, 1.82) is 0 Å². The number of hydrogen-bond acceptors (Lipinski definition) is 2. The first-order valence-corrected chi connectivity index (χ1v) is 6.89. The lowest BCUT2D eigenvalue weighted by Gasteiger charge is -2.03. The molecule has 102 valence electrons. The van der Waals surface area contributed by atoms with Gasteiger partial charge in [-0.05, 0) is 36.8 Å². The number of fused-ring (bicyclic) bond motifs is 1. The number of aliphatic hydroxyl groups excluding tert-OH is 1.